The summed E-state index contributed by atoms with van der Waals surface area (Å²) in [5.74, 6) is -3.98. The highest BCUT2D eigenvalue weighted by molar-refractivity contribution is 9.10. The third-order valence-corrected chi connectivity index (χ3v) is 4.04. The van der Waals surface area contributed by atoms with Gasteiger partial charge in [0.25, 0.3) is 0 Å². The Morgan fingerprint density at radius 3 is 2.67 bits per heavy atom. The molecule has 0 spiro atoms. The topological polar surface area (TPSA) is 98.2 Å². The molecule has 1 aromatic heterocycles. The molecule has 0 bridgehead atoms. The van der Waals surface area contributed by atoms with Crippen LogP contribution in [0.4, 0.5) is 0 Å². The zero-order valence-electron chi connectivity index (χ0n) is 11.7. The van der Waals surface area contributed by atoms with Crippen LogP contribution in [0.15, 0.2) is 22.7 Å². The number of hydrogen-bond acceptors (Lipinski definition) is 3. The minimum atomic E-state index is -1.29. The Kier molecular flexibility index (Phi) is 4.32. The molecule has 112 valence electrons. The van der Waals surface area contributed by atoms with Crippen LogP contribution < -0.4 is 5.73 Å². The standard InChI is InChI=1S/C14H16BrN3O3/c1-3-18-10-6-8(15)4-5-9(10)12(17-18)7(2)11(13(16)19)14(20)21/h4-7,11H,3H2,1-2H3,(H2,16,19)(H,20,21). The number of benzene rings is 1. The minimum Gasteiger partial charge on any atom is -0.481 e. The third-order valence-electron chi connectivity index (χ3n) is 3.55. The van der Waals surface area contributed by atoms with Gasteiger partial charge in [0.2, 0.25) is 5.91 Å². The monoisotopic (exact) mass is 353 g/mol. The Labute approximate surface area is 130 Å². The number of hydrogen-bond donors (Lipinski definition) is 2. The summed E-state index contributed by atoms with van der Waals surface area (Å²) in [6, 6.07) is 5.65. The molecule has 2 aromatic rings. The number of aryl methyl sites for hydroxylation is 1. The lowest BCUT2D eigenvalue weighted by Gasteiger charge is -2.15. The Hall–Kier alpha value is -1.89. The molecule has 6 nitrogen and oxygen atoms in total. The number of aromatic nitrogens is 2. The van der Waals surface area contributed by atoms with E-state index in [0.717, 1.165) is 15.4 Å². The zero-order chi connectivity index (χ0) is 15.7. The van der Waals surface area contributed by atoms with Crippen molar-refractivity contribution >= 4 is 38.7 Å². The smallest absolute Gasteiger partial charge is 0.316 e. The number of carbonyl (C=O) groups excluding carboxylic acids is 1. The molecule has 3 N–H and O–H groups in total. The molecule has 0 saturated carbocycles. The highest BCUT2D eigenvalue weighted by Crippen LogP contribution is 2.31. The van der Waals surface area contributed by atoms with E-state index in [2.05, 4.69) is 21.0 Å². The van der Waals surface area contributed by atoms with E-state index in [9.17, 15) is 14.7 Å². The molecule has 21 heavy (non-hydrogen) atoms. The zero-order valence-corrected chi connectivity index (χ0v) is 13.3. The molecule has 2 atom stereocenters. The number of amides is 1. The van der Waals surface area contributed by atoms with Crippen molar-refractivity contribution in [1.82, 2.24) is 9.78 Å². The predicted octanol–water partition coefficient (Wildman–Crippen LogP) is 2.11. The highest BCUT2D eigenvalue weighted by atomic mass is 79.9. The summed E-state index contributed by atoms with van der Waals surface area (Å²) in [4.78, 5) is 22.7. The Morgan fingerprint density at radius 1 is 1.48 bits per heavy atom. The van der Waals surface area contributed by atoms with E-state index >= 15 is 0 Å². The number of halogens is 1. The molecule has 7 heteroatoms. The van der Waals surface area contributed by atoms with Crippen LogP contribution in [0.25, 0.3) is 10.9 Å². The van der Waals surface area contributed by atoms with Gasteiger partial charge < -0.3 is 10.8 Å². The molecule has 0 fully saturated rings. The van der Waals surface area contributed by atoms with Gasteiger partial charge in [-0.2, -0.15) is 5.10 Å². The summed E-state index contributed by atoms with van der Waals surface area (Å²) in [5, 5.41) is 14.5. The number of fused-ring (bicyclic) bond motifs is 1. The summed E-state index contributed by atoms with van der Waals surface area (Å²) >= 11 is 3.41. The molecule has 0 radical (unpaired) electrons. The van der Waals surface area contributed by atoms with Crippen LogP contribution in [0.1, 0.15) is 25.5 Å². The van der Waals surface area contributed by atoms with Crippen molar-refractivity contribution in [3.8, 4) is 0 Å². The predicted molar refractivity (Wildman–Crippen MR) is 81.8 cm³/mol. The van der Waals surface area contributed by atoms with Crippen molar-refractivity contribution in [3.05, 3.63) is 28.4 Å². The lowest BCUT2D eigenvalue weighted by molar-refractivity contribution is -0.146. The average Bonchev–Trinajstić information content (AvgIpc) is 2.75. The lowest BCUT2D eigenvalue weighted by Crippen LogP contribution is -2.34. The fourth-order valence-electron chi connectivity index (χ4n) is 2.49. The second kappa shape index (κ2) is 5.85. The molecular weight excluding hydrogens is 338 g/mol. The van der Waals surface area contributed by atoms with Gasteiger partial charge in [-0.3, -0.25) is 14.3 Å². The van der Waals surface area contributed by atoms with Gasteiger partial charge in [0.15, 0.2) is 0 Å². The first-order valence-corrected chi connectivity index (χ1v) is 7.34. The first-order chi connectivity index (χ1) is 9.86. The van der Waals surface area contributed by atoms with E-state index in [0.29, 0.717) is 12.2 Å². The minimum absolute atomic E-state index is 0.575. The average molecular weight is 354 g/mol. The number of carboxylic acid groups (broad SMARTS) is 1. The molecule has 1 amide bonds. The third kappa shape index (κ3) is 2.78. The number of nitrogens with two attached hydrogens (primary N) is 1. The molecule has 1 heterocycles. The van der Waals surface area contributed by atoms with E-state index in [1.807, 2.05) is 25.1 Å². The molecule has 0 saturated heterocycles. The van der Waals surface area contributed by atoms with Crippen LogP contribution in [0.3, 0.4) is 0 Å². The summed E-state index contributed by atoms with van der Waals surface area (Å²) in [6.45, 7) is 4.26. The number of carbonyl (C=O) groups is 2. The van der Waals surface area contributed by atoms with Crippen LogP contribution in [-0.4, -0.2) is 26.8 Å². The maximum Gasteiger partial charge on any atom is 0.316 e. The van der Waals surface area contributed by atoms with Gasteiger partial charge in [-0.15, -0.1) is 0 Å². The van der Waals surface area contributed by atoms with Gasteiger partial charge >= 0.3 is 5.97 Å². The molecule has 0 aliphatic rings. The maximum absolute atomic E-state index is 11.4. The van der Waals surface area contributed by atoms with Gasteiger partial charge in [-0.05, 0) is 25.1 Å². The van der Waals surface area contributed by atoms with E-state index in [1.54, 1.807) is 11.6 Å². The number of carboxylic acids is 1. The second-order valence-electron chi connectivity index (χ2n) is 4.87. The largest absolute Gasteiger partial charge is 0.481 e. The van der Waals surface area contributed by atoms with Gasteiger partial charge in [-0.25, -0.2) is 0 Å². The quantitative estimate of drug-likeness (QED) is 0.804. The summed E-state index contributed by atoms with van der Waals surface area (Å²) < 4.78 is 2.69. The van der Waals surface area contributed by atoms with E-state index in [-0.39, 0.29) is 0 Å². The van der Waals surface area contributed by atoms with E-state index in [4.69, 9.17) is 5.73 Å². The summed E-state index contributed by atoms with van der Waals surface area (Å²) in [7, 11) is 0. The van der Waals surface area contributed by atoms with Crippen molar-refractivity contribution < 1.29 is 14.7 Å². The van der Waals surface area contributed by atoms with Crippen LogP contribution in [-0.2, 0) is 16.1 Å². The Morgan fingerprint density at radius 2 is 2.14 bits per heavy atom. The highest BCUT2D eigenvalue weighted by Gasteiger charge is 2.34. The molecule has 2 rings (SSSR count). The molecule has 0 aliphatic heterocycles. The van der Waals surface area contributed by atoms with Crippen molar-refractivity contribution in [1.29, 1.82) is 0 Å². The molecule has 0 aliphatic carbocycles. The first kappa shape index (κ1) is 15.5. The number of primary amides is 1. The number of rotatable bonds is 5. The summed E-state index contributed by atoms with van der Waals surface area (Å²) in [5.41, 5.74) is 6.69. The Balaban J connectivity index is 2.60. The van der Waals surface area contributed by atoms with Crippen molar-refractivity contribution in [2.24, 2.45) is 11.7 Å². The van der Waals surface area contributed by atoms with Gasteiger partial charge in [0.1, 0.15) is 5.92 Å². The normalized spacial score (nSPS) is 14.0. The van der Waals surface area contributed by atoms with Crippen LogP contribution in [0, 0.1) is 5.92 Å². The first-order valence-electron chi connectivity index (χ1n) is 6.54. The molecule has 2 unspecified atom stereocenters. The lowest BCUT2D eigenvalue weighted by atomic mass is 9.89. The van der Waals surface area contributed by atoms with Crippen molar-refractivity contribution in [2.45, 2.75) is 26.3 Å². The van der Waals surface area contributed by atoms with Crippen molar-refractivity contribution in [3.63, 3.8) is 0 Å². The van der Waals surface area contributed by atoms with E-state index in [1.165, 1.54) is 0 Å². The fourth-order valence-corrected chi connectivity index (χ4v) is 2.84. The van der Waals surface area contributed by atoms with Gasteiger partial charge in [-0.1, -0.05) is 22.9 Å². The molecule has 1 aromatic carbocycles. The summed E-state index contributed by atoms with van der Waals surface area (Å²) in [6.07, 6.45) is 0. The van der Waals surface area contributed by atoms with Gasteiger partial charge in [0.05, 0.1) is 11.2 Å². The Bertz CT molecular complexity index is 697. The van der Waals surface area contributed by atoms with Crippen LogP contribution in [0.2, 0.25) is 0 Å². The fraction of sp³-hybridized carbons (Fsp3) is 0.357. The molecular formula is C14H16BrN3O3. The maximum atomic E-state index is 11.4. The number of nitrogens with zero attached hydrogens (tertiary/aromatic N) is 2. The number of aliphatic carboxylic acids is 1. The van der Waals surface area contributed by atoms with Crippen molar-refractivity contribution in [2.75, 3.05) is 0 Å². The second-order valence-corrected chi connectivity index (χ2v) is 5.79. The van der Waals surface area contributed by atoms with Crippen LogP contribution >= 0.6 is 15.9 Å². The van der Waals surface area contributed by atoms with E-state index < -0.39 is 23.7 Å². The van der Waals surface area contributed by atoms with Crippen LogP contribution in [0.5, 0.6) is 0 Å². The SMILES string of the molecule is CCn1nc(C(C)C(C(N)=O)C(=O)O)c2ccc(Br)cc21. The van der Waals surface area contributed by atoms with Gasteiger partial charge in [0, 0.05) is 22.3 Å².